The molecular formula is C27H28F3N7O2. The summed E-state index contributed by atoms with van der Waals surface area (Å²) in [5, 5.41) is 26.5. The monoisotopic (exact) mass is 539 g/mol. The molecule has 12 heteroatoms. The number of carbonyl (C=O) groups excluding carboxylic acids is 1. The number of rotatable bonds is 5. The minimum Gasteiger partial charge on any atom is -0.392 e. The summed E-state index contributed by atoms with van der Waals surface area (Å²) in [6, 6.07) is 8.34. The van der Waals surface area contributed by atoms with Crippen LogP contribution in [0.15, 0.2) is 42.9 Å². The number of alkyl halides is 3. The van der Waals surface area contributed by atoms with E-state index in [4.69, 9.17) is 0 Å². The van der Waals surface area contributed by atoms with Crippen LogP contribution in [-0.4, -0.2) is 60.9 Å². The van der Waals surface area contributed by atoms with E-state index in [2.05, 4.69) is 31.4 Å². The molecule has 204 valence electrons. The predicted octanol–water partition coefficient (Wildman–Crippen LogP) is 4.08. The van der Waals surface area contributed by atoms with E-state index in [1.807, 2.05) is 6.07 Å². The first-order chi connectivity index (χ1) is 18.6. The van der Waals surface area contributed by atoms with E-state index in [0.29, 0.717) is 24.3 Å². The van der Waals surface area contributed by atoms with Crippen LogP contribution in [0.3, 0.4) is 0 Å². The molecule has 4 unspecified atom stereocenters. The molecule has 3 aromatic rings. The third kappa shape index (κ3) is 5.65. The fourth-order valence-electron chi connectivity index (χ4n) is 5.54. The fourth-order valence-corrected chi connectivity index (χ4v) is 5.54. The molecule has 2 aliphatic rings. The Balaban J connectivity index is 1.29. The standard InChI is InChI=1S/C27H28F3N7O2/c1-16-22(14-34-37(16)25-7-3-18(12-33-25)27(28,29)30)26(39)35-19-4-5-23(32-13-19)21-10-17(11-31)2-6-24(21)36-9-8-20(38)15-36/h3-5,7,12-14,17,20-21,24,38H,2,6,8-10,15H2,1H3,(H,35,39). The SMILES string of the molecule is Cc1c(C(=O)Nc2ccc(C3CC(C#N)CCC3N3CCC(O)C3)nc2)cnn1-c1ccc(C(F)(F)F)cn1. The highest BCUT2D eigenvalue weighted by Gasteiger charge is 2.38. The average Bonchev–Trinajstić information content (AvgIpc) is 3.53. The zero-order valence-electron chi connectivity index (χ0n) is 21.3. The van der Waals surface area contributed by atoms with E-state index < -0.39 is 17.6 Å². The Morgan fingerprint density at radius 1 is 1.13 bits per heavy atom. The molecule has 0 bridgehead atoms. The van der Waals surface area contributed by atoms with Gasteiger partial charge in [0.1, 0.15) is 0 Å². The van der Waals surface area contributed by atoms with E-state index in [1.54, 1.807) is 19.2 Å². The van der Waals surface area contributed by atoms with Gasteiger partial charge >= 0.3 is 6.18 Å². The molecule has 1 aliphatic carbocycles. The van der Waals surface area contributed by atoms with Crippen LogP contribution in [0.4, 0.5) is 18.9 Å². The van der Waals surface area contributed by atoms with Crippen molar-refractivity contribution in [1.82, 2.24) is 24.6 Å². The maximum Gasteiger partial charge on any atom is 0.417 e. The molecule has 5 rings (SSSR count). The van der Waals surface area contributed by atoms with Gasteiger partial charge in [0.2, 0.25) is 0 Å². The number of β-amino-alcohol motifs (C(OH)–C–C–N with tert-alkyl or cyclic N) is 1. The van der Waals surface area contributed by atoms with Crippen molar-refractivity contribution < 1.29 is 23.1 Å². The number of hydrogen-bond acceptors (Lipinski definition) is 7. The Kier molecular flexibility index (Phi) is 7.38. The van der Waals surface area contributed by atoms with Gasteiger partial charge in [0, 0.05) is 42.9 Å². The van der Waals surface area contributed by atoms with Crippen LogP contribution in [0.5, 0.6) is 0 Å². The molecule has 39 heavy (non-hydrogen) atoms. The highest BCUT2D eigenvalue weighted by atomic mass is 19.4. The Bertz CT molecular complexity index is 1370. The number of hydrogen-bond donors (Lipinski definition) is 2. The Hall–Kier alpha value is -3.82. The maximum atomic E-state index is 13.0. The second kappa shape index (κ2) is 10.7. The first-order valence-corrected chi connectivity index (χ1v) is 12.8. The second-order valence-corrected chi connectivity index (χ2v) is 10.1. The number of nitrogens with one attached hydrogen (secondary N) is 1. The van der Waals surface area contributed by atoms with Gasteiger partial charge in [-0.3, -0.25) is 14.7 Å². The summed E-state index contributed by atoms with van der Waals surface area (Å²) in [6.07, 6.45) is 1.96. The van der Waals surface area contributed by atoms with Crippen LogP contribution in [0.25, 0.3) is 5.82 Å². The number of likely N-dealkylation sites (tertiary alicyclic amines) is 1. The largest absolute Gasteiger partial charge is 0.417 e. The number of aliphatic hydroxyl groups excluding tert-OH is 1. The molecule has 1 aliphatic heterocycles. The van der Waals surface area contributed by atoms with Crippen LogP contribution in [-0.2, 0) is 6.18 Å². The van der Waals surface area contributed by atoms with E-state index in [-0.39, 0.29) is 35.4 Å². The number of pyridine rings is 2. The van der Waals surface area contributed by atoms with Crippen molar-refractivity contribution in [3.05, 3.63) is 65.4 Å². The van der Waals surface area contributed by atoms with E-state index in [9.17, 15) is 28.3 Å². The zero-order chi connectivity index (χ0) is 27.7. The third-order valence-electron chi connectivity index (χ3n) is 7.63. The molecule has 2 fully saturated rings. The number of nitrogens with zero attached hydrogens (tertiary/aromatic N) is 6. The third-order valence-corrected chi connectivity index (χ3v) is 7.63. The number of anilines is 1. The van der Waals surface area contributed by atoms with Gasteiger partial charge < -0.3 is 10.4 Å². The second-order valence-electron chi connectivity index (χ2n) is 10.1. The van der Waals surface area contributed by atoms with Crippen LogP contribution in [0.2, 0.25) is 0 Å². The molecule has 0 spiro atoms. The summed E-state index contributed by atoms with van der Waals surface area (Å²) in [5.41, 5.74) is 1.12. The van der Waals surface area contributed by atoms with Crippen molar-refractivity contribution in [2.45, 2.75) is 56.8 Å². The lowest BCUT2D eigenvalue weighted by Gasteiger charge is -2.39. The molecule has 3 aromatic heterocycles. The van der Waals surface area contributed by atoms with Gasteiger partial charge in [0.05, 0.1) is 47.1 Å². The molecule has 0 aromatic carbocycles. The number of halogens is 3. The lowest BCUT2D eigenvalue weighted by molar-refractivity contribution is -0.137. The molecule has 4 heterocycles. The van der Waals surface area contributed by atoms with E-state index >= 15 is 0 Å². The molecule has 2 N–H and O–H groups in total. The van der Waals surface area contributed by atoms with Gasteiger partial charge in [0.15, 0.2) is 5.82 Å². The normalized spacial score (nSPS) is 23.9. The molecular weight excluding hydrogens is 511 g/mol. The Morgan fingerprint density at radius 3 is 2.56 bits per heavy atom. The van der Waals surface area contributed by atoms with Crippen LogP contribution in [0.1, 0.15) is 58.9 Å². The molecule has 1 saturated heterocycles. The van der Waals surface area contributed by atoms with Crippen molar-refractivity contribution in [2.24, 2.45) is 5.92 Å². The minimum absolute atomic E-state index is 0.0429. The number of aliphatic hydroxyl groups is 1. The number of nitriles is 1. The van der Waals surface area contributed by atoms with Gasteiger partial charge in [-0.1, -0.05) is 0 Å². The molecule has 1 saturated carbocycles. The number of aromatic nitrogens is 4. The fraction of sp³-hybridized carbons (Fsp3) is 0.444. The van der Waals surface area contributed by atoms with Crippen molar-refractivity contribution in [3.8, 4) is 11.9 Å². The van der Waals surface area contributed by atoms with Gasteiger partial charge in [0.25, 0.3) is 5.91 Å². The van der Waals surface area contributed by atoms with E-state index in [1.165, 1.54) is 16.9 Å². The quantitative estimate of drug-likeness (QED) is 0.501. The highest BCUT2D eigenvalue weighted by Crippen LogP contribution is 2.39. The van der Waals surface area contributed by atoms with Gasteiger partial charge in [-0.15, -0.1) is 0 Å². The van der Waals surface area contributed by atoms with Crippen LogP contribution in [0, 0.1) is 24.2 Å². The van der Waals surface area contributed by atoms with Gasteiger partial charge in [-0.25, -0.2) is 9.67 Å². The zero-order valence-corrected chi connectivity index (χ0v) is 21.3. The van der Waals surface area contributed by atoms with Crippen molar-refractivity contribution in [3.63, 3.8) is 0 Å². The summed E-state index contributed by atoms with van der Waals surface area (Å²) in [6.45, 7) is 3.08. The Morgan fingerprint density at radius 2 is 1.95 bits per heavy atom. The summed E-state index contributed by atoms with van der Waals surface area (Å²) >= 11 is 0. The van der Waals surface area contributed by atoms with E-state index in [0.717, 1.165) is 43.8 Å². The van der Waals surface area contributed by atoms with Crippen LogP contribution >= 0.6 is 0 Å². The van der Waals surface area contributed by atoms with Crippen molar-refractivity contribution in [2.75, 3.05) is 18.4 Å². The predicted molar refractivity (Wildman–Crippen MR) is 135 cm³/mol. The Labute approximate surface area is 223 Å². The summed E-state index contributed by atoms with van der Waals surface area (Å²) in [4.78, 5) is 23.7. The van der Waals surface area contributed by atoms with Gasteiger partial charge in [-0.05, 0) is 56.9 Å². The van der Waals surface area contributed by atoms with Gasteiger partial charge in [-0.2, -0.15) is 23.5 Å². The lowest BCUT2D eigenvalue weighted by atomic mass is 9.76. The summed E-state index contributed by atoms with van der Waals surface area (Å²) in [5.74, 6) is -0.270. The number of amides is 1. The first-order valence-electron chi connectivity index (χ1n) is 12.8. The maximum absolute atomic E-state index is 13.0. The topological polar surface area (TPSA) is 120 Å². The van der Waals surface area contributed by atoms with Crippen LogP contribution < -0.4 is 5.32 Å². The smallest absolute Gasteiger partial charge is 0.392 e. The molecule has 0 radical (unpaired) electrons. The summed E-state index contributed by atoms with van der Waals surface area (Å²) < 4.78 is 39.8. The number of carbonyl (C=O) groups is 1. The summed E-state index contributed by atoms with van der Waals surface area (Å²) in [7, 11) is 0. The first kappa shape index (κ1) is 26.8. The molecule has 1 amide bonds. The van der Waals surface area contributed by atoms with Crippen molar-refractivity contribution >= 4 is 11.6 Å². The lowest BCUT2D eigenvalue weighted by Crippen LogP contribution is -2.42. The highest BCUT2D eigenvalue weighted by molar-refractivity contribution is 6.04. The molecule has 4 atom stereocenters. The average molecular weight is 540 g/mol. The molecule has 9 nitrogen and oxygen atoms in total. The minimum atomic E-state index is -4.49. The van der Waals surface area contributed by atoms with Crippen molar-refractivity contribution in [1.29, 1.82) is 5.26 Å².